The summed E-state index contributed by atoms with van der Waals surface area (Å²) in [6.45, 7) is 0.587. The molecule has 0 spiro atoms. The molecule has 0 aliphatic rings. The van der Waals surface area contributed by atoms with Crippen molar-refractivity contribution in [3.63, 3.8) is 0 Å². The molecule has 0 fully saturated rings. The van der Waals surface area contributed by atoms with Gasteiger partial charge >= 0.3 is 0 Å². The third kappa shape index (κ3) is 4.66. The summed E-state index contributed by atoms with van der Waals surface area (Å²) >= 11 is 8.56. The predicted molar refractivity (Wildman–Crippen MR) is 99.5 cm³/mol. The van der Waals surface area contributed by atoms with Gasteiger partial charge < -0.3 is 4.74 Å². The third-order valence-corrected chi connectivity index (χ3v) is 5.58. The van der Waals surface area contributed by atoms with Crippen LogP contribution in [0.2, 0.25) is 0 Å². The maximum Gasteiger partial charge on any atom is 0.184 e. The van der Waals surface area contributed by atoms with Gasteiger partial charge in [-0.1, -0.05) is 41.3 Å². The molecule has 0 N–H and O–H groups in total. The van der Waals surface area contributed by atoms with E-state index in [1.807, 2.05) is 30.3 Å². The number of ether oxygens (including phenoxy) is 1. The molecule has 0 aliphatic carbocycles. The molecule has 0 amide bonds. The van der Waals surface area contributed by atoms with Crippen LogP contribution in [0.5, 0.6) is 5.75 Å². The lowest BCUT2D eigenvalue weighted by atomic mass is 10.3. The zero-order valence-corrected chi connectivity index (χ0v) is 15.2. The zero-order valence-electron chi connectivity index (χ0n) is 12.7. The van der Waals surface area contributed by atoms with Gasteiger partial charge in [-0.05, 0) is 55.0 Å². The standard InChI is InChI=1S/C17H15FN2OS3/c18-13-7-9-15(10-8-13)21-11-4-12-23-16-19-20(17(22)24-16)14-5-2-1-3-6-14/h1-3,5-10H,4,11-12H2. The Bertz CT molecular complexity index is 831. The van der Waals surface area contributed by atoms with Gasteiger partial charge in [0, 0.05) is 5.75 Å². The Hall–Kier alpha value is -1.70. The van der Waals surface area contributed by atoms with Crippen molar-refractivity contribution in [3.05, 3.63) is 64.4 Å². The number of nitrogens with zero attached hydrogens (tertiary/aromatic N) is 2. The van der Waals surface area contributed by atoms with Crippen LogP contribution in [0.3, 0.4) is 0 Å². The summed E-state index contributed by atoms with van der Waals surface area (Å²) < 4.78 is 21.9. The van der Waals surface area contributed by atoms with Crippen molar-refractivity contribution in [3.8, 4) is 11.4 Å². The number of para-hydroxylation sites is 1. The van der Waals surface area contributed by atoms with E-state index in [-0.39, 0.29) is 5.82 Å². The predicted octanol–water partition coefficient (Wildman–Crippen LogP) is 5.36. The summed E-state index contributed by atoms with van der Waals surface area (Å²) in [5, 5.41) is 4.56. The maximum absolute atomic E-state index is 12.8. The van der Waals surface area contributed by atoms with Crippen molar-refractivity contribution in [1.82, 2.24) is 9.78 Å². The van der Waals surface area contributed by atoms with Gasteiger partial charge in [-0.2, -0.15) is 0 Å². The Kier molecular flexibility index (Phi) is 6.01. The molecule has 24 heavy (non-hydrogen) atoms. The molecule has 0 unspecified atom stereocenters. The van der Waals surface area contributed by atoms with E-state index in [1.54, 1.807) is 28.6 Å². The lowest BCUT2D eigenvalue weighted by Crippen LogP contribution is -1.99. The van der Waals surface area contributed by atoms with Crippen LogP contribution < -0.4 is 4.74 Å². The Labute approximate surface area is 153 Å². The highest BCUT2D eigenvalue weighted by Crippen LogP contribution is 2.24. The molecule has 7 heteroatoms. The number of hydrogen-bond donors (Lipinski definition) is 0. The van der Waals surface area contributed by atoms with Gasteiger partial charge in [-0.15, -0.1) is 5.10 Å². The molecule has 124 valence electrons. The van der Waals surface area contributed by atoms with Crippen molar-refractivity contribution in [2.75, 3.05) is 12.4 Å². The van der Waals surface area contributed by atoms with Crippen LogP contribution in [-0.2, 0) is 0 Å². The highest BCUT2D eigenvalue weighted by atomic mass is 32.2. The van der Waals surface area contributed by atoms with Crippen LogP contribution in [0.4, 0.5) is 4.39 Å². The minimum Gasteiger partial charge on any atom is -0.494 e. The quantitative estimate of drug-likeness (QED) is 0.314. The minimum absolute atomic E-state index is 0.256. The van der Waals surface area contributed by atoms with Crippen molar-refractivity contribution >= 4 is 35.3 Å². The molecule has 0 saturated heterocycles. The van der Waals surface area contributed by atoms with Crippen LogP contribution >= 0.6 is 35.3 Å². The molecule has 0 aliphatic heterocycles. The first-order valence-corrected chi connectivity index (χ1v) is 9.60. The van der Waals surface area contributed by atoms with Gasteiger partial charge in [0.05, 0.1) is 12.3 Å². The first-order chi connectivity index (χ1) is 11.7. The highest BCUT2D eigenvalue weighted by molar-refractivity contribution is 8.01. The lowest BCUT2D eigenvalue weighted by Gasteiger charge is -2.05. The fraction of sp³-hybridized carbons (Fsp3) is 0.176. The summed E-state index contributed by atoms with van der Waals surface area (Å²) in [5.74, 6) is 1.32. The van der Waals surface area contributed by atoms with E-state index in [4.69, 9.17) is 17.0 Å². The van der Waals surface area contributed by atoms with Crippen molar-refractivity contribution in [2.45, 2.75) is 10.8 Å². The molecule has 3 aromatic rings. The second-order valence-corrected chi connectivity index (χ2v) is 7.85. The number of aromatic nitrogens is 2. The van der Waals surface area contributed by atoms with Gasteiger partial charge in [0.15, 0.2) is 8.29 Å². The van der Waals surface area contributed by atoms with E-state index < -0.39 is 0 Å². The van der Waals surface area contributed by atoms with Gasteiger partial charge in [0.2, 0.25) is 0 Å². The van der Waals surface area contributed by atoms with Crippen molar-refractivity contribution in [1.29, 1.82) is 0 Å². The average molecular weight is 379 g/mol. The summed E-state index contributed by atoms with van der Waals surface area (Å²) in [5.41, 5.74) is 0.977. The summed E-state index contributed by atoms with van der Waals surface area (Å²) in [6, 6.07) is 15.9. The van der Waals surface area contributed by atoms with Crippen LogP contribution in [0, 0.1) is 9.77 Å². The molecule has 0 radical (unpaired) electrons. The van der Waals surface area contributed by atoms with Crippen molar-refractivity contribution < 1.29 is 9.13 Å². The number of hydrogen-bond acceptors (Lipinski definition) is 5. The first-order valence-electron chi connectivity index (χ1n) is 7.39. The van der Waals surface area contributed by atoms with Crippen LogP contribution in [0.15, 0.2) is 58.9 Å². The van der Waals surface area contributed by atoms with E-state index >= 15 is 0 Å². The Morgan fingerprint density at radius 1 is 1.12 bits per heavy atom. The molecule has 1 aromatic heterocycles. The largest absolute Gasteiger partial charge is 0.494 e. The molecular weight excluding hydrogens is 363 g/mol. The second-order valence-electron chi connectivity index (χ2n) is 4.89. The Morgan fingerprint density at radius 3 is 2.62 bits per heavy atom. The van der Waals surface area contributed by atoms with E-state index in [0.29, 0.717) is 12.4 Å². The smallest absolute Gasteiger partial charge is 0.184 e. The zero-order chi connectivity index (χ0) is 16.8. The van der Waals surface area contributed by atoms with E-state index in [9.17, 15) is 4.39 Å². The minimum atomic E-state index is -0.256. The molecule has 1 heterocycles. The van der Waals surface area contributed by atoms with Crippen LogP contribution in [0.1, 0.15) is 6.42 Å². The fourth-order valence-electron chi connectivity index (χ4n) is 1.99. The molecule has 0 saturated carbocycles. The molecular formula is C17H15FN2OS3. The third-order valence-electron chi connectivity index (χ3n) is 3.13. The van der Waals surface area contributed by atoms with Gasteiger partial charge in [-0.3, -0.25) is 0 Å². The summed E-state index contributed by atoms with van der Waals surface area (Å²) in [6.07, 6.45) is 0.875. The lowest BCUT2D eigenvalue weighted by molar-refractivity contribution is 0.318. The monoisotopic (exact) mass is 378 g/mol. The molecule has 2 aromatic carbocycles. The molecule has 0 bridgehead atoms. The second kappa shape index (κ2) is 8.41. The molecule has 3 nitrogen and oxygen atoms in total. The van der Waals surface area contributed by atoms with Crippen LogP contribution in [0.25, 0.3) is 5.69 Å². The topological polar surface area (TPSA) is 27.1 Å². The molecule has 0 atom stereocenters. The number of halogens is 1. The SMILES string of the molecule is Fc1ccc(OCCCSc2nn(-c3ccccc3)c(=S)s2)cc1. The van der Waals surface area contributed by atoms with Gasteiger partial charge in [0.25, 0.3) is 0 Å². The van der Waals surface area contributed by atoms with Gasteiger partial charge in [-0.25, -0.2) is 9.07 Å². The van der Waals surface area contributed by atoms with E-state index in [0.717, 1.165) is 26.2 Å². The van der Waals surface area contributed by atoms with E-state index in [2.05, 4.69) is 5.10 Å². The first kappa shape index (κ1) is 17.1. The fourth-order valence-corrected chi connectivity index (χ4v) is 4.34. The summed E-state index contributed by atoms with van der Waals surface area (Å²) in [4.78, 5) is 0. The van der Waals surface area contributed by atoms with Gasteiger partial charge in [0.1, 0.15) is 11.6 Å². The molecule has 3 rings (SSSR count). The number of thioether (sulfide) groups is 1. The van der Waals surface area contributed by atoms with Crippen LogP contribution in [-0.4, -0.2) is 22.1 Å². The Balaban J connectivity index is 1.47. The normalized spacial score (nSPS) is 10.7. The maximum atomic E-state index is 12.8. The Morgan fingerprint density at radius 2 is 1.88 bits per heavy atom. The number of rotatable bonds is 7. The average Bonchev–Trinajstić information content (AvgIpc) is 2.98. The summed E-state index contributed by atoms with van der Waals surface area (Å²) in [7, 11) is 0. The van der Waals surface area contributed by atoms with E-state index in [1.165, 1.54) is 23.5 Å². The van der Waals surface area contributed by atoms with Crippen molar-refractivity contribution in [2.24, 2.45) is 0 Å². The highest BCUT2D eigenvalue weighted by Gasteiger charge is 2.06. The number of benzene rings is 2.